The minimum Gasteiger partial charge on any atom is -0.477 e. The van der Waals surface area contributed by atoms with Gasteiger partial charge >= 0.3 is 12.0 Å². The third kappa shape index (κ3) is 4.28. The highest BCUT2D eigenvalue weighted by molar-refractivity contribution is 7.07. The summed E-state index contributed by atoms with van der Waals surface area (Å²) in [7, 11) is 1.72. The molecular formula is C14H15N3O3S. The van der Waals surface area contributed by atoms with Crippen LogP contribution in [0.3, 0.4) is 0 Å². The summed E-state index contributed by atoms with van der Waals surface area (Å²) in [6, 6.07) is 4.83. The van der Waals surface area contributed by atoms with Crippen LogP contribution in [0.5, 0.6) is 0 Å². The molecule has 2 N–H and O–H groups in total. The Morgan fingerprint density at radius 2 is 2.14 bits per heavy atom. The minimum absolute atomic E-state index is 0.0142. The average molecular weight is 305 g/mol. The minimum atomic E-state index is -1.07. The maximum absolute atomic E-state index is 11.9. The van der Waals surface area contributed by atoms with Crippen LogP contribution < -0.4 is 5.32 Å². The second kappa shape index (κ2) is 6.85. The number of rotatable bonds is 5. The van der Waals surface area contributed by atoms with Crippen molar-refractivity contribution < 1.29 is 14.7 Å². The van der Waals surface area contributed by atoms with E-state index in [4.69, 9.17) is 5.11 Å². The van der Waals surface area contributed by atoms with E-state index in [9.17, 15) is 9.59 Å². The summed E-state index contributed by atoms with van der Waals surface area (Å²) >= 11 is 1.59. The van der Waals surface area contributed by atoms with Gasteiger partial charge in [-0.1, -0.05) is 6.07 Å². The summed E-state index contributed by atoms with van der Waals surface area (Å²) in [6.45, 7) is 0.852. The fourth-order valence-electron chi connectivity index (χ4n) is 1.70. The maximum atomic E-state index is 11.9. The van der Waals surface area contributed by atoms with E-state index in [0.29, 0.717) is 13.1 Å². The Hall–Kier alpha value is -2.41. The van der Waals surface area contributed by atoms with Crippen LogP contribution in [-0.4, -0.2) is 34.0 Å². The molecule has 21 heavy (non-hydrogen) atoms. The number of carbonyl (C=O) groups is 2. The van der Waals surface area contributed by atoms with Crippen molar-refractivity contribution in [2.24, 2.45) is 0 Å². The quantitative estimate of drug-likeness (QED) is 0.887. The zero-order valence-corrected chi connectivity index (χ0v) is 12.3. The molecule has 0 bridgehead atoms. The van der Waals surface area contributed by atoms with Crippen molar-refractivity contribution in [3.63, 3.8) is 0 Å². The molecule has 2 aromatic heterocycles. The van der Waals surface area contributed by atoms with Crippen LogP contribution in [0.1, 0.15) is 21.6 Å². The van der Waals surface area contributed by atoms with Gasteiger partial charge in [0.05, 0.1) is 0 Å². The smallest absolute Gasteiger partial charge is 0.354 e. The van der Waals surface area contributed by atoms with Crippen LogP contribution in [-0.2, 0) is 13.1 Å². The molecule has 6 nitrogen and oxygen atoms in total. The first-order valence-corrected chi connectivity index (χ1v) is 7.19. The molecule has 0 spiro atoms. The Morgan fingerprint density at radius 3 is 2.71 bits per heavy atom. The number of carboxylic acid groups (broad SMARTS) is 1. The van der Waals surface area contributed by atoms with E-state index in [1.54, 1.807) is 29.4 Å². The highest BCUT2D eigenvalue weighted by Gasteiger charge is 2.09. The van der Waals surface area contributed by atoms with Gasteiger partial charge in [0, 0.05) is 26.3 Å². The zero-order chi connectivity index (χ0) is 15.2. The second-order valence-electron chi connectivity index (χ2n) is 4.50. The van der Waals surface area contributed by atoms with Gasteiger partial charge in [-0.05, 0) is 34.0 Å². The van der Waals surface area contributed by atoms with Crippen molar-refractivity contribution >= 4 is 23.3 Å². The van der Waals surface area contributed by atoms with Crippen molar-refractivity contribution in [3.8, 4) is 0 Å². The maximum Gasteiger partial charge on any atom is 0.354 e. The van der Waals surface area contributed by atoms with Gasteiger partial charge in [-0.15, -0.1) is 0 Å². The first-order valence-electron chi connectivity index (χ1n) is 6.24. The molecule has 0 aliphatic rings. The molecule has 2 aromatic rings. The summed E-state index contributed by atoms with van der Waals surface area (Å²) in [5, 5.41) is 15.5. The number of thiophene rings is 1. The topological polar surface area (TPSA) is 82.5 Å². The molecule has 0 aromatic carbocycles. The monoisotopic (exact) mass is 305 g/mol. The molecule has 0 saturated carbocycles. The Balaban J connectivity index is 1.84. The predicted molar refractivity (Wildman–Crippen MR) is 79.2 cm³/mol. The van der Waals surface area contributed by atoms with Crippen LogP contribution in [0.2, 0.25) is 0 Å². The first-order chi connectivity index (χ1) is 10.1. The SMILES string of the molecule is CN(Cc1ccsc1)C(=O)NCc1ccc(C(=O)O)nc1. The third-order valence-corrected chi connectivity index (χ3v) is 3.57. The van der Waals surface area contributed by atoms with E-state index >= 15 is 0 Å². The Morgan fingerprint density at radius 1 is 1.33 bits per heavy atom. The van der Waals surface area contributed by atoms with Gasteiger partial charge in [0.1, 0.15) is 5.69 Å². The highest BCUT2D eigenvalue weighted by atomic mass is 32.1. The van der Waals surface area contributed by atoms with E-state index in [0.717, 1.165) is 11.1 Å². The number of pyridine rings is 1. The molecule has 0 atom stereocenters. The fraction of sp³-hybridized carbons (Fsp3) is 0.214. The molecule has 0 unspecified atom stereocenters. The van der Waals surface area contributed by atoms with Gasteiger partial charge in [-0.25, -0.2) is 14.6 Å². The predicted octanol–water partition coefficient (Wildman–Crippen LogP) is 2.18. The number of urea groups is 1. The van der Waals surface area contributed by atoms with Gasteiger partial charge in [0.15, 0.2) is 0 Å². The number of aromatic carboxylic acids is 1. The zero-order valence-electron chi connectivity index (χ0n) is 11.4. The molecule has 0 saturated heterocycles. The Bertz CT molecular complexity index is 611. The Kier molecular flexibility index (Phi) is 4.89. The lowest BCUT2D eigenvalue weighted by Crippen LogP contribution is -2.36. The van der Waals surface area contributed by atoms with E-state index in [2.05, 4.69) is 10.3 Å². The summed E-state index contributed by atoms with van der Waals surface area (Å²) in [5.74, 6) is -1.07. The van der Waals surface area contributed by atoms with Crippen LogP contribution in [0, 0.1) is 0 Å². The summed E-state index contributed by atoms with van der Waals surface area (Å²) < 4.78 is 0. The van der Waals surface area contributed by atoms with Crippen molar-refractivity contribution in [2.45, 2.75) is 13.1 Å². The number of amides is 2. The number of hydrogen-bond donors (Lipinski definition) is 2. The standard InChI is InChI=1S/C14H15N3O3S/c1-17(8-11-4-5-21-9-11)14(20)16-7-10-2-3-12(13(18)19)15-6-10/h2-6,9H,7-8H2,1H3,(H,16,20)(H,18,19). The lowest BCUT2D eigenvalue weighted by molar-refractivity contribution is 0.0690. The van der Waals surface area contributed by atoms with Gasteiger partial charge in [0.2, 0.25) is 0 Å². The van der Waals surface area contributed by atoms with Crippen LogP contribution in [0.15, 0.2) is 35.2 Å². The lowest BCUT2D eigenvalue weighted by Gasteiger charge is -2.17. The molecule has 110 valence electrons. The number of nitrogens with one attached hydrogen (secondary N) is 1. The molecular weight excluding hydrogens is 290 g/mol. The molecule has 2 rings (SSSR count). The number of carboxylic acids is 1. The van der Waals surface area contributed by atoms with E-state index in [-0.39, 0.29) is 11.7 Å². The van der Waals surface area contributed by atoms with Gasteiger partial charge in [0.25, 0.3) is 0 Å². The van der Waals surface area contributed by atoms with Gasteiger partial charge in [-0.3, -0.25) is 0 Å². The van der Waals surface area contributed by atoms with Crippen molar-refractivity contribution in [1.29, 1.82) is 0 Å². The number of hydrogen-bond acceptors (Lipinski definition) is 4. The lowest BCUT2D eigenvalue weighted by atomic mass is 10.2. The average Bonchev–Trinajstić information content (AvgIpc) is 2.98. The number of aromatic nitrogens is 1. The summed E-state index contributed by atoms with van der Waals surface area (Å²) in [5.41, 5.74) is 1.82. The molecule has 2 amide bonds. The molecule has 0 aliphatic carbocycles. The molecule has 0 fully saturated rings. The summed E-state index contributed by atoms with van der Waals surface area (Å²) in [6.07, 6.45) is 1.45. The van der Waals surface area contributed by atoms with Crippen LogP contribution in [0.4, 0.5) is 4.79 Å². The van der Waals surface area contributed by atoms with E-state index in [1.165, 1.54) is 12.3 Å². The highest BCUT2D eigenvalue weighted by Crippen LogP contribution is 2.08. The second-order valence-corrected chi connectivity index (χ2v) is 5.28. The number of nitrogens with zero attached hydrogens (tertiary/aromatic N) is 2. The molecule has 0 radical (unpaired) electrons. The normalized spacial score (nSPS) is 10.1. The van der Waals surface area contributed by atoms with E-state index in [1.807, 2.05) is 16.8 Å². The first kappa shape index (κ1) is 15.0. The van der Waals surface area contributed by atoms with E-state index < -0.39 is 5.97 Å². The molecule has 2 heterocycles. The van der Waals surface area contributed by atoms with Crippen molar-refractivity contribution in [1.82, 2.24) is 15.2 Å². The molecule has 7 heteroatoms. The molecule has 0 aliphatic heterocycles. The van der Waals surface area contributed by atoms with Crippen molar-refractivity contribution in [2.75, 3.05) is 7.05 Å². The fourth-order valence-corrected chi connectivity index (χ4v) is 2.36. The third-order valence-electron chi connectivity index (χ3n) is 2.83. The number of carbonyl (C=O) groups excluding carboxylic acids is 1. The Labute approximate surface area is 126 Å². The summed E-state index contributed by atoms with van der Waals surface area (Å²) in [4.78, 5) is 28.0. The van der Waals surface area contributed by atoms with Crippen LogP contribution in [0.25, 0.3) is 0 Å². The largest absolute Gasteiger partial charge is 0.477 e. The van der Waals surface area contributed by atoms with Crippen LogP contribution >= 0.6 is 11.3 Å². The van der Waals surface area contributed by atoms with Crippen molar-refractivity contribution in [3.05, 3.63) is 52.0 Å². The van der Waals surface area contributed by atoms with Gasteiger partial charge < -0.3 is 15.3 Å². The van der Waals surface area contributed by atoms with Gasteiger partial charge in [-0.2, -0.15) is 11.3 Å².